The molecule has 2 atom stereocenters. The van der Waals surface area contributed by atoms with Crippen molar-refractivity contribution in [2.75, 3.05) is 20.1 Å². The maximum atomic E-state index is 10.2. The van der Waals surface area contributed by atoms with E-state index in [9.17, 15) is 5.11 Å². The molecule has 26 heavy (non-hydrogen) atoms. The smallest absolute Gasteiger partial charge is 0.120 e. The molecule has 2 unspecified atom stereocenters. The van der Waals surface area contributed by atoms with E-state index in [1.165, 1.54) is 103 Å². The van der Waals surface area contributed by atoms with Gasteiger partial charge >= 0.3 is 0 Å². The largest absolute Gasteiger partial charge is 0.377 e. The van der Waals surface area contributed by atoms with Crippen LogP contribution in [0.1, 0.15) is 116 Å². The summed E-state index contributed by atoms with van der Waals surface area (Å²) in [5, 5.41) is 13.5. The molecule has 0 aromatic rings. The van der Waals surface area contributed by atoms with Crippen LogP contribution in [0.15, 0.2) is 0 Å². The lowest BCUT2D eigenvalue weighted by molar-refractivity contribution is 0.0576. The van der Waals surface area contributed by atoms with Crippen LogP contribution in [0.2, 0.25) is 0 Å². The number of likely N-dealkylation sites (N-methyl/N-ethyl adjacent to an activating group) is 1. The van der Waals surface area contributed by atoms with Crippen LogP contribution in [0, 0.1) is 0 Å². The highest BCUT2D eigenvalue weighted by atomic mass is 16.3. The van der Waals surface area contributed by atoms with E-state index >= 15 is 0 Å². The molecule has 0 aliphatic carbocycles. The van der Waals surface area contributed by atoms with Crippen molar-refractivity contribution in [2.24, 2.45) is 0 Å². The molecule has 0 radical (unpaired) electrons. The zero-order valence-electron chi connectivity index (χ0n) is 18.0. The van der Waals surface area contributed by atoms with Crippen LogP contribution in [0.3, 0.4) is 0 Å². The Hall–Kier alpha value is -0.120. The Labute approximate surface area is 164 Å². The van der Waals surface area contributed by atoms with Crippen molar-refractivity contribution in [3.63, 3.8) is 0 Å². The second kappa shape index (κ2) is 17.0. The maximum Gasteiger partial charge on any atom is 0.120 e. The average Bonchev–Trinajstić information content (AvgIpc) is 3.07. The van der Waals surface area contributed by atoms with Crippen LogP contribution >= 0.6 is 0 Å². The van der Waals surface area contributed by atoms with Gasteiger partial charge in [-0.15, -0.1) is 0 Å². The number of aliphatic hydroxyl groups is 1. The van der Waals surface area contributed by atoms with Gasteiger partial charge in [0.05, 0.1) is 0 Å². The Balaban J connectivity index is 1.73. The van der Waals surface area contributed by atoms with Crippen molar-refractivity contribution in [3.05, 3.63) is 0 Å². The van der Waals surface area contributed by atoms with Gasteiger partial charge in [0.2, 0.25) is 0 Å². The lowest BCUT2D eigenvalue weighted by Crippen LogP contribution is -2.45. The lowest BCUT2D eigenvalue weighted by atomic mass is 10.0. The van der Waals surface area contributed by atoms with Crippen molar-refractivity contribution in [1.29, 1.82) is 0 Å². The number of hydrogen-bond donors (Lipinski definition) is 2. The normalized spacial score (nSPS) is 19.3. The van der Waals surface area contributed by atoms with Gasteiger partial charge in [0, 0.05) is 6.04 Å². The summed E-state index contributed by atoms with van der Waals surface area (Å²) >= 11 is 0. The molecule has 1 aliphatic rings. The van der Waals surface area contributed by atoms with Gasteiger partial charge in [-0.1, -0.05) is 96.8 Å². The summed E-state index contributed by atoms with van der Waals surface area (Å²) in [5.41, 5.74) is 0. The molecule has 3 heteroatoms. The summed E-state index contributed by atoms with van der Waals surface area (Å²) in [5.74, 6) is 0. The fourth-order valence-corrected chi connectivity index (χ4v) is 4.22. The third kappa shape index (κ3) is 12.3. The molecular weight excluding hydrogens is 320 g/mol. The highest BCUT2D eigenvalue weighted by molar-refractivity contribution is 4.81. The molecular formula is C23H48N2O. The Morgan fingerprint density at radius 1 is 0.808 bits per heavy atom. The van der Waals surface area contributed by atoms with Crippen molar-refractivity contribution >= 4 is 0 Å². The number of nitrogens with zero attached hydrogens (tertiary/aromatic N) is 1. The van der Waals surface area contributed by atoms with E-state index in [-0.39, 0.29) is 6.23 Å². The van der Waals surface area contributed by atoms with Gasteiger partial charge in [-0.3, -0.25) is 10.2 Å². The van der Waals surface area contributed by atoms with Crippen LogP contribution < -0.4 is 5.32 Å². The Morgan fingerprint density at radius 3 is 1.69 bits per heavy atom. The molecule has 1 fully saturated rings. The molecule has 0 saturated carbocycles. The van der Waals surface area contributed by atoms with Crippen molar-refractivity contribution in [1.82, 2.24) is 10.2 Å². The molecule has 0 spiro atoms. The van der Waals surface area contributed by atoms with E-state index in [0.717, 1.165) is 19.5 Å². The first-order valence-corrected chi connectivity index (χ1v) is 11.9. The minimum absolute atomic E-state index is 0.325. The van der Waals surface area contributed by atoms with E-state index in [2.05, 4.69) is 24.2 Å². The van der Waals surface area contributed by atoms with Gasteiger partial charge in [0.15, 0.2) is 0 Å². The molecule has 0 aromatic carbocycles. The molecule has 1 aliphatic heterocycles. The van der Waals surface area contributed by atoms with Gasteiger partial charge < -0.3 is 5.11 Å². The topological polar surface area (TPSA) is 35.5 Å². The summed E-state index contributed by atoms with van der Waals surface area (Å²) in [6.07, 6.45) is 23.1. The van der Waals surface area contributed by atoms with Gasteiger partial charge in [0.25, 0.3) is 0 Å². The second-order valence-electron chi connectivity index (χ2n) is 8.54. The molecule has 156 valence electrons. The number of rotatable bonds is 18. The number of nitrogens with one attached hydrogen (secondary N) is 1. The second-order valence-corrected chi connectivity index (χ2v) is 8.54. The Morgan fingerprint density at radius 2 is 1.27 bits per heavy atom. The van der Waals surface area contributed by atoms with Crippen LogP contribution in [0.4, 0.5) is 0 Å². The minimum atomic E-state index is -0.339. The fraction of sp³-hybridized carbons (Fsp3) is 1.00. The van der Waals surface area contributed by atoms with Crippen LogP contribution in [-0.2, 0) is 0 Å². The quantitative estimate of drug-likeness (QED) is 0.235. The standard InChI is InChI=1S/C23H48N2O/c1-3-4-5-6-7-8-9-10-11-12-13-14-15-16-17-20-24-23(26)22-19-18-21-25(22)2/h22-24,26H,3-21H2,1-2H3. The van der Waals surface area contributed by atoms with Gasteiger partial charge in [0.1, 0.15) is 6.23 Å². The molecule has 1 saturated heterocycles. The first-order chi connectivity index (χ1) is 12.8. The average molecular weight is 369 g/mol. The molecule has 0 aromatic heterocycles. The van der Waals surface area contributed by atoms with Crippen LogP contribution in [-0.4, -0.2) is 42.4 Å². The van der Waals surface area contributed by atoms with Crippen molar-refractivity contribution in [2.45, 2.75) is 128 Å². The summed E-state index contributed by atoms with van der Waals surface area (Å²) in [4.78, 5) is 2.28. The van der Waals surface area contributed by atoms with E-state index in [1.807, 2.05) is 0 Å². The fourth-order valence-electron chi connectivity index (χ4n) is 4.22. The van der Waals surface area contributed by atoms with Crippen LogP contribution in [0.25, 0.3) is 0 Å². The number of unbranched alkanes of at least 4 members (excludes halogenated alkanes) is 14. The number of hydrogen-bond acceptors (Lipinski definition) is 3. The van der Waals surface area contributed by atoms with E-state index in [1.54, 1.807) is 0 Å². The highest BCUT2D eigenvalue weighted by Crippen LogP contribution is 2.17. The Bertz CT molecular complexity index is 298. The van der Waals surface area contributed by atoms with E-state index in [4.69, 9.17) is 0 Å². The first kappa shape index (κ1) is 23.9. The van der Waals surface area contributed by atoms with E-state index in [0.29, 0.717) is 6.04 Å². The SMILES string of the molecule is CCCCCCCCCCCCCCCCCNC(O)C1CCCN1C. The van der Waals surface area contributed by atoms with Crippen molar-refractivity contribution in [3.8, 4) is 0 Å². The molecule has 1 rings (SSSR count). The Kier molecular flexibility index (Phi) is 15.6. The third-order valence-corrected chi connectivity index (χ3v) is 6.08. The summed E-state index contributed by atoms with van der Waals surface area (Å²) in [6.45, 7) is 4.38. The predicted molar refractivity (Wildman–Crippen MR) is 115 cm³/mol. The highest BCUT2D eigenvalue weighted by Gasteiger charge is 2.27. The van der Waals surface area contributed by atoms with Crippen LogP contribution in [0.5, 0.6) is 0 Å². The predicted octanol–water partition coefficient (Wildman–Crippen LogP) is 5.86. The number of likely N-dealkylation sites (tertiary alicyclic amines) is 1. The third-order valence-electron chi connectivity index (χ3n) is 6.08. The minimum Gasteiger partial charge on any atom is -0.377 e. The number of aliphatic hydroxyl groups excluding tert-OH is 1. The monoisotopic (exact) mass is 368 g/mol. The zero-order chi connectivity index (χ0) is 18.9. The lowest BCUT2D eigenvalue weighted by Gasteiger charge is -2.25. The summed E-state index contributed by atoms with van der Waals surface area (Å²) in [7, 11) is 2.12. The first-order valence-electron chi connectivity index (χ1n) is 11.9. The zero-order valence-corrected chi connectivity index (χ0v) is 18.0. The molecule has 1 heterocycles. The maximum absolute atomic E-state index is 10.2. The van der Waals surface area contributed by atoms with Gasteiger partial charge in [-0.2, -0.15) is 0 Å². The van der Waals surface area contributed by atoms with E-state index < -0.39 is 0 Å². The molecule has 3 nitrogen and oxygen atoms in total. The molecule has 0 bridgehead atoms. The van der Waals surface area contributed by atoms with Gasteiger partial charge in [-0.25, -0.2) is 0 Å². The van der Waals surface area contributed by atoms with Crippen molar-refractivity contribution < 1.29 is 5.11 Å². The molecule has 2 N–H and O–H groups in total. The molecule has 0 amide bonds. The summed E-state index contributed by atoms with van der Waals surface area (Å²) in [6, 6.07) is 0.325. The van der Waals surface area contributed by atoms with Gasteiger partial charge in [-0.05, 0) is 39.4 Å². The summed E-state index contributed by atoms with van der Waals surface area (Å²) < 4.78 is 0.